The first-order valence-electron chi connectivity index (χ1n) is 5.41. The van der Waals surface area contributed by atoms with Gasteiger partial charge in [-0.2, -0.15) is 0 Å². The number of carbonyl (C=O) groups excluding carboxylic acids is 1. The maximum absolute atomic E-state index is 13.3. The molecule has 2 aromatic carbocycles. The van der Waals surface area contributed by atoms with Gasteiger partial charge in [-0.05, 0) is 29.8 Å². The van der Waals surface area contributed by atoms with E-state index in [4.69, 9.17) is 0 Å². The first-order valence-corrected chi connectivity index (χ1v) is 7.14. The van der Waals surface area contributed by atoms with Crippen molar-refractivity contribution in [3.63, 3.8) is 0 Å². The molecule has 0 fully saturated rings. The Kier molecular flexibility index (Phi) is 2.99. The largest absolute Gasteiger partial charge is 0.292 e. The summed E-state index contributed by atoms with van der Waals surface area (Å²) in [5.74, 6) is -0.477. The van der Waals surface area contributed by atoms with Crippen molar-refractivity contribution < 1.29 is 9.18 Å². The lowest BCUT2D eigenvalue weighted by Crippen LogP contribution is -2.07. The molecule has 0 aromatic heterocycles. The molecule has 0 aliphatic carbocycles. The molecule has 0 radical (unpaired) electrons. The van der Waals surface area contributed by atoms with Crippen molar-refractivity contribution in [1.29, 1.82) is 0 Å². The van der Waals surface area contributed by atoms with Gasteiger partial charge >= 0.3 is 0 Å². The van der Waals surface area contributed by atoms with Gasteiger partial charge in [-0.25, -0.2) is 4.39 Å². The predicted octanol–water partition coefficient (Wildman–Crippen LogP) is 4.61. The molecule has 1 aliphatic heterocycles. The van der Waals surface area contributed by atoms with Gasteiger partial charge in [0, 0.05) is 15.4 Å². The number of rotatable bonds is 0. The SMILES string of the molecule is O=C1c2cc(F)ccc2Sc2ccccc2C1Br. The second-order valence-electron chi connectivity index (χ2n) is 4.01. The monoisotopic (exact) mass is 322 g/mol. The van der Waals surface area contributed by atoms with Crippen molar-refractivity contribution in [2.75, 3.05) is 0 Å². The third-order valence-electron chi connectivity index (χ3n) is 2.85. The molecule has 90 valence electrons. The first-order chi connectivity index (χ1) is 8.66. The average molecular weight is 323 g/mol. The zero-order valence-electron chi connectivity index (χ0n) is 9.19. The molecular weight excluding hydrogens is 315 g/mol. The van der Waals surface area contributed by atoms with E-state index in [1.165, 1.54) is 23.9 Å². The Morgan fingerprint density at radius 3 is 2.72 bits per heavy atom. The molecule has 1 nitrogen and oxygen atoms in total. The van der Waals surface area contributed by atoms with E-state index < -0.39 is 4.83 Å². The molecule has 0 saturated heterocycles. The van der Waals surface area contributed by atoms with Crippen molar-refractivity contribution in [2.24, 2.45) is 0 Å². The van der Waals surface area contributed by atoms with Crippen LogP contribution in [0, 0.1) is 5.82 Å². The zero-order valence-corrected chi connectivity index (χ0v) is 11.6. The fourth-order valence-corrected chi connectivity index (χ4v) is 3.85. The van der Waals surface area contributed by atoms with Crippen molar-refractivity contribution in [3.8, 4) is 0 Å². The average Bonchev–Trinajstić information content (AvgIpc) is 2.48. The molecule has 0 spiro atoms. The lowest BCUT2D eigenvalue weighted by molar-refractivity contribution is 0.0988. The fourth-order valence-electron chi connectivity index (χ4n) is 1.96. The van der Waals surface area contributed by atoms with Crippen LogP contribution >= 0.6 is 27.7 Å². The van der Waals surface area contributed by atoms with Crippen molar-refractivity contribution in [2.45, 2.75) is 14.6 Å². The van der Waals surface area contributed by atoms with Gasteiger partial charge in [0.25, 0.3) is 0 Å². The van der Waals surface area contributed by atoms with Crippen LogP contribution in [0.1, 0.15) is 20.7 Å². The number of carbonyl (C=O) groups is 1. The zero-order chi connectivity index (χ0) is 12.7. The number of alkyl halides is 1. The number of hydrogen-bond donors (Lipinski definition) is 0. The summed E-state index contributed by atoms with van der Waals surface area (Å²) in [6, 6.07) is 12.1. The molecule has 1 atom stereocenters. The smallest absolute Gasteiger partial charge is 0.182 e. The molecule has 1 unspecified atom stereocenters. The molecule has 1 heterocycles. The van der Waals surface area contributed by atoms with E-state index >= 15 is 0 Å². The summed E-state index contributed by atoms with van der Waals surface area (Å²) in [7, 11) is 0. The minimum Gasteiger partial charge on any atom is -0.292 e. The van der Waals surface area contributed by atoms with Crippen LogP contribution in [0.5, 0.6) is 0 Å². The number of fused-ring (bicyclic) bond motifs is 2. The van der Waals surface area contributed by atoms with E-state index in [1.54, 1.807) is 6.07 Å². The van der Waals surface area contributed by atoms with Crippen LogP contribution in [0.25, 0.3) is 0 Å². The Morgan fingerprint density at radius 1 is 1.11 bits per heavy atom. The number of Topliss-reactive ketones (excluding diaryl/α,β-unsaturated/α-hetero) is 1. The second kappa shape index (κ2) is 4.52. The van der Waals surface area contributed by atoms with Crippen LogP contribution in [-0.2, 0) is 0 Å². The van der Waals surface area contributed by atoms with Crippen LogP contribution in [-0.4, -0.2) is 5.78 Å². The molecule has 4 heteroatoms. The molecule has 2 aromatic rings. The van der Waals surface area contributed by atoms with Crippen LogP contribution < -0.4 is 0 Å². The standard InChI is InChI=1S/C14H8BrFOS/c15-13-9-3-1-2-4-11(9)18-12-6-5-8(16)7-10(12)14(13)17/h1-7,13H. The van der Waals surface area contributed by atoms with Gasteiger partial charge < -0.3 is 0 Å². The van der Waals surface area contributed by atoms with Crippen LogP contribution in [0.3, 0.4) is 0 Å². The summed E-state index contributed by atoms with van der Waals surface area (Å²) in [4.78, 5) is 13.7. The van der Waals surface area contributed by atoms with Gasteiger partial charge in [-0.15, -0.1) is 0 Å². The highest BCUT2D eigenvalue weighted by Crippen LogP contribution is 2.43. The molecule has 3 rings (SSSR count). The first kappa shape index (κ1) is 11.9. The van der Waals surface area contributed by atoms with E-state index in [-0.39, 0.29) is 11.6 Å². The fraction of sp³-hybridized carbons (Fsp3) is 0.0714. The van der Waals surface area contributed by atoms with Crippen LogP contribution in [0.2, 0.25) is 0 Å². The summed E-state index contributed by atoms with van der Waals surface area (Å²) in [5, 5.41) is 0. The minimum atomic E-state index is -0.413. The summed E-state index contributed by atoms with van der Waals surface area (Å²) in [6.45, 7) is 0. The van der Waals surface area contributed by atoms with E-state index in [0.29, 0.717) is 5.56 Å². The molecule has 18 heavy (non-hydrogen) atoms. The molecule has 0 N–H and O–H groups in total. The van der Waals surface area contributed by atoms with E-state index in [9.17, 15) is 9.18 Å². The predicted molar refractivity (Wildman–Crippen MR) is 73.0 cm³/mol. The van der Waals surface area contributed by atoms with E-state index in [1.807, 2.05) is 24.3 Å². The van der Waals surface area contributed by atoms with Gasteiger partial charge in [0.2, 0.25) is 0 Å². The maximum atomic E-state index is 13.3. The highest BCUT2D eigenvalue weighted by Gasteiger charge is 2.28. The third kappa shape index (κ3) is 1.89. The Morgan fingerprint density at radius 2 is 1.89 bits per heavy atom. The van der Waals surface area contributed by atoms with Gasteiger partial charge in [-0.3, -0.25) is 4.79 Å². The summed E-state index contributed by atoms with van der Waals surface area (Å²) in [5.41, 5.74) is 1.38. The highest BCUT2D eigenvalue weighted by molar-refractivity contribution is 9.09. The highest BCUT2D eigenvalue weighted by atomic mass is 79.9. The number of ketones is 1. The molecule has 0 amide bonds. The molecule has 0 saturated carbocycles. The maximum Gasteiger partial charge on any atom is 0.182 e. The van der Waals surface area contributed by atoms with E-state index in [2.05, 4.69) is 15.9 Å². The molecule has 1 aliphatic rings. The van der Waals surface area contributed by atoms with Crippen molar-refractivity contribution in [3.05, 3.63) is 59.4 Å². The summed E-state index contributed by atoms with van der Waals surface area (Å²) >= 11 is 4.91. The Bertz CT molecular complexity index is 641. The minimum absolute atomic E-state index is 0.0954. The van der Waals surface area contributed by atoms with Gasteiger partial charge in [0.15, 0.2) is 5.78 Å². The Balaban J connectivity index is 2.23. The number of benzene rings is 2. The third-order valence-corrected chi connectivity index (χ3v) is 4.93. The van der Waals surface area contributed by atoms with Crippen molar-refractivity contribution in [1.82, 2.24) is 0 Å². The van der Waals surface area contributed by atoms with E-state index in [0.717, 1.165) is 15.4 Å². The normalized spacial score (nSPS) is 17.9. The molecule has 0 bridgehead atoms. The lowest BCUT2D eigenvalue weighted by Gasteiger charge is -2.08. The van der Waals surface area contributed by atoms with Gasteiger partial charge in [-0.1, -0.05) is 45.9 Å². The van der Waals surface area contributed by atoms with Crippen LogP contribution in [0.4, 0.5) is 4.39 Å². The lowest BCUT2D eigenvalue weighted by atomic mass is 10.0. The number of halogens is 2. The Labute approximate surface area is 117 Å². The molecular formula is C14H8BrFOS. The van der Waals surface area contributed by atoms with Gasteiger partial charge in [0.05, 0.1) is 0 Å². The van der Waals surface area contributed by atoms with Crippen LogP contribution in [0.15, 0.2) is 52.3 Å². The van der Waals surface area contributed by atoms with Gasteiger partial charge in [0.1, 0.15) is 10.6 Å². The second-order valence-corrected chi connectivity index (χ2v) is 6.01. The Hall–Kier alpha value is -1.13. The topological polar surface area (TPSA) is 17.1 Å². The number of hydrogen-bond acceptors (Lipinski definition) is 2. The summed E-state index contributed by atoms with van der Waals surface area (Å²) < 4.78 is 13.3. The quantitative estimate of drug-likeness (QED) is 0.659. The van der Waals surface area contributed by atoms with Crippen molar-refractivity contribution >= 4 is 33.5 Å². The summed E-state index contributed by atoms with van der Waals surface area (Å²) in [6.07, 6.45) is 0.